The molecule has 2 aromatic rings. The van der Waals surface area contributed by atoms with E-state index in [-0.39, 0.29) is 11.6 Å². The van der Waals surface area contributed by atoms with Crippen LogP contribution in [-0.2, 0) is 0 Å². The minimum absolute atomic E-state index is 0.133. The molecule has 0 spiro atoms. The molecule has 0 N–H and O–H groups in total. The Morgan fingerprint density at radius 3 is 2.41 bits per heavy atom. The van der Waals surface area contributed by atoms with E-state index in [1.807, 2.05) is 24.3 Å². The summed E-state index contributed by atoms with van der Waals surface area (Å²) >= 11 is 0. The van der Waals surface area contributed by atoms with Gasteiger partial charge in [-0.1, -0.05) is 24.3 Å². The highest BCUT2D eigenvalue weighted by Crippen LogP contribution is 2.20. The fraction of sp³-hybridized carbons (Fsp3) is 0.105. The summed E-state index contributed by atoms with van der Waals surface area (Å²) in [6.45, 7) is 1.01. The van der Waals surface area contributed by atoms with Gasteiger partial charge in [0.15, 0.2) is 5.78 Å². The summed E-state index contributed by atoms with van der Waals surface area (Å²) in [5.41, 5.74) is 2.59. The van der Waals surface area contributed by atoms with Gasteiger partial charge in [-0.05, 0) is 54.5 Å². The summed E-state index contributed by atoms with van der Waals surface area (Å²) in [7, 11) is 0. The molecular weight excluding hydrogens is 277 g/mol. The van der Waals surface area contributed by atoms with Crippen molar-refractivity contribution in [2.75, 3.05) is 11.4 Å². The molecule has 0 saturated heterocycles. The number of benzene rings is 2. The first-order chi connectivity index (χ1) is 10.7. The maximum absolute atomic E-state index is 12.8. The number of carbonyl (C=O) groups is 1. The number of halogens is 1. The van der Waals surface area contributed by atoms with Gasteiger partial charge >= 0.3 is 0 Å². The Morgan fingerprint density at radius 2 is 1.77 bits per heavy atom. The van der Waals surface area contributed by atoms with Gasteiger partial charge in [0, 0.05) is 24.0 Å². The molecule has 0 radical (unpaired) electrons. The van der Waals surface area contributed by atoms with E-state index in [9.17, 15) is 9.18 Å². The van der Waals surface area contributed by atoms with E-state index < -0.39 is 0 Å². The lowest BCUT2D eigenvalue weighted by atomic mass is 10.1. The normalized spacial score (nSPS) is 14.0. The maximum atomic E-state index is 12.8. The highest BCUT2D eigenvalue weighted by molar-refractivity contribution is 6.06. The molecule has 1 aliphatic heterocycles. The van der Waals surface area contributed by atoms with Gasteiger partial charge in [0.1, 0.15) is 5.82 Å². The smallest absolute Gasteiger partial charge is 0.185 e. The van der Waals surface area contributed by atoms with Crippen molar-refractivity contribution in [2.24, 2.45) is 0 Å². The van der Waals surface area contributed by atoms with E-state index >= 15 is 0 Å². The summed E-state index contributed by atoms with van der Waals surface area (Å²) in [5, 5.41) is 0. The van der Waals surface area contributed by atoms with Gasteiger partial charge in [-0.25, -0.2) is 4.39 Å². The highest BCUT2D eigenvalue weighted by Gasteiger charge is 2.06. The second-order valence-corrected chi connectivity index (χ2v) is 5.16. The molecule has 0 bridgehead atoms. The van der Waals surface area contributed by atoms with E-state index in [1.165, 1.54) is 30.3 Å². The average Bonchev–Trinajstić information content (AvgIpc) is 3.08. The Hall–Kier alpha value is -2.68. The van der Waals surface area contributed by atoms with Crippen LogP contribution in [0.15, 0.2) is 66.9 Å². The largest absolute Gasteiger partial charge is 0.348 e. The fourth-order valence-corrected chi connectivity index (χ4v) is 2.36. The molecule has 0 atom stereocenters. The number of hydrogen-bond acceptors (Lipinski definition) is 2. The molecule has 0 saturated carbocycles. The number of anilines is 1. The SMILES string of the molecule is O=C(/C=C/c1ccc(N2C=CCC2)cc1)c1ccc(F)cc1. The van der Waals surface area contributed by atoms with Gasteiger partial charge in [-0.2, -0.15) is 0 Å². The number of rotatable bonds is 4. The van der Waals surface area contributed by atoms with Crippen LogP contribution in [0.3, 0.4) is 0 Å². The number of nitrogens with zero attached hydrogens (tertiary/aromatic N) is 1. The van der Waals surface area contributed by atoms with Crippen molar-refractivity contribution >= 4 is 17.5 Å². The molecule has 3 rings (SSSR count). The second-order valence-electron chi connectivity index (χ2n) is 5.16. The number of ketones is 1. The Balaban J connectivity index is 1.68. The quantitative estimate of drug-likeness (QED) is 0.613. The lowest BCUT2D eigenvalue weighted by Gasteiger charge is -2.15. The van der Waals surface area contributed by atoms with E-state index in [0.717, 1.165) is 24.2 Å². The molecule has 1 aliphatic rings. The Kier molecular flexibility index (Phi) is 4.15. The van der Waals surface area contributed by atoms with Crippen molar-refractivity contribution in [3.8, 4) is 0 Å². The molecule has 0 fully saturated rings. The lowest BCUT2D eigenvalue weighted by Crippen LogP contribution is -2.11. The zero-order valence-electron chi connectivity index (χ0n) is 12.1. The van der Waals surface area contributed by atoms with Gasteiger partial charge in [0.25, 0.3) is 0 Å². The first-order valence-electron chi connectivity index (χ1n) is 7.24. The Morgan fingerprint density at radius 1 is 1.05 bits per heavy atom. The summed E-state index contributed by atoms with van der Waals surface area (Å²) in [4.78, 5) is 14.2. The third-order valence-corrected chi connectivity index (χ3v) is 3.60. The molecule has 2 aromatic carbocycles. The summed E-state index contributed by atoms with van der Waals surface area (Å²) < 4.78 is 12.8. The van der Waals surface area contributed by atoms with Crippen LogP contribution in [-0.4, -0.2) is 12.3 Å². The zero-order chi connectivity index (χ0) is 15.4. The molecule has 3 heteroatoms. The molecule has 22 heavy (non-hydrogen) atoms. The minimum atomic E-state index is -0.341. The van der Waals surface area contributed by atoms with Crippen molar-refractivity contribution in [1.29, 1.82) is 0 Å². The summed E-state index contributed by atoms with van der Waals surface area (Å²) in [5.74, 6) is -0.473. The standard InChI is InChI=1S/C19H16FNO/c20-17-8-6-16(7-9-17)19(22)12-5-15-3-10-18(11-4-15)21-13-1-2-14-21/h1,3-13H,2,14H2/b12-5+. The van der Waals surface area contributed by atoms with Crippen molar-refractivity contribution in [2.45, 2.75) is 6.42 Å². The van der Waals surface area contributed by atoms with Crippen LogP contribution in [0, 0.1) is 5.82 Å². The van der Waals surface area contributed by atoms with Crippen molar-refractivity contribution in [3.05, 3.63) is 83.8 Å². The molecule has 0 amide bonds. The van der Waals surface area contributed by atoms with Crippen LogP contribution in [0.4, 0.5) is 10.1 Å². The fourth-order valence-electron chi connectivity index (χ4n) is 2.36. The van der Waals surface area contributed by atoms with E-state index in [0.29, 0.717) is 5.56 Å². The van der Waals surface area contributed by atoms with Crippen LogP contribution in [0.25, 0.3) is 6.08 Å². The van der Waals surface area contributed by atoms with Gasteiger partial charge in [0.2, 0.25) is 0 Å². The van der Waals surface area contributed by atoms with Gasteiger partial charge in [-0.15, -0.1) is 0 Å². The second kappa shape index (κ2) is 6.39. The molecule has 110 valence electrons. The average molecular weight is 293 g/mol. The number of allylic oxidation sites excluding steroid dienone is 1. The molecule has 2 nitrogen and oxygen atoms in total. The topological polar surface area (TPSA) is 20.3 Å². The molecule has 1 heterocycles. The molecular formula is C19H16FNO. The maximum Gasteiger partial charge on any atom is 0.185 e. The predicted molar refractivity (Wildman–Crippen MR) is 87.3 cm³/mol. The molecule has 0 aromatic heterocycles. The number of carbonyl (C=O) groups excluding carboxylic acids is 1. The Labute approximate surface area is 129 Å². The van der Waals surface area contributed by atoms with Crippen molar-refractivity contribution < 1.29 is 9.18 Å². The highest BCUT2D eigenvalue weighted by atomic mass is 19.1. The summed E-state index contributed by atoms with van der Waals surface area (Å²) in [6, 6.07) is 13.6. The van der Waals surface area contributed by atoms with E-state index in [1.54, 1.807) is 6.08 Å². The van der Waals surface area contributed by atoms with E-state index in [4.69, 9.17) is 0 Å². The van der Waals surface area contributed by atoms with Crippen LogP contribution in [0.5, 0.6) is 0 Å². The zero-order valence-corrected chi connectivity index (χ0v) is 12.1. The minimum Gasteiger partial charge on any atom is -0.348 e. The lowest BCUT2D eigenvalue weighted by molar-refractivity contribution is 0.104. The van der Waals surface area contributed by atoms with Crippen molar-refractivity contribution in [3.63, 3.8) is 0 Å². The first kappa shape index (κ1) is 14.3. The number of hydrogen-bond donors (Lipinski definition) is 0. The third kappa shape index (κ3) is 3.31. The van der Waals surface area contributed by atoms with Gasteiger partial charge in [-0.3, -0.25) is 4.79 Å². The molecule has 0 aliphatic carbocycles. The van der Waals surface area contributed by atoms with Crippen LogP contribution in [0.1, 0.15) is 22.3 Å². The predicted octanol–water partition coefficient (Wildman–Crippen LogP) is 4.45. The monoisotopic (exact) mass is 293 g/mol. The first-order valence-corrected chi connectivity index (χ1v) is 7.24. The van der Waals surface area contributed by atoms with Gasteiger partial charge < -0.3 is 4.90 Å². The van der Waals surface area contributed by atoms with Crippen molar-refractivity contribution in [1.82, 2.24) is 0 Å². The Bertz CT molecular complexity index is 714. The summed E-state index contributed by atoms with van der Waals surface area (Å²) in [6.07, 6.45) is 8.60. The van der Waals surface area contributed by atoms with Crippen LogP contribution in [0.2, 0.25) is 0 Å². The molecule has 0 unspecified atom stereocenters. The third-order valence-electron chi connectivity index (χ3n) is 3.60. The van der Waals surface area contributed by atoms with Gasteiger partial charge in [0.05, 0.1) is 0 Å². The van der Waals surface area contributed by atoms with Crippen LogP contribution >= 0.6 is 0 Å². The van der Waals surface area contributed by atoms with E-state index in [2.05, 4.69) is 17.2 Å². The van der Waals surface area contributed by atoms with Crippen LogP contribution < -0.4 is 4.90 Å².